The van der Waals surface area contributed by atoms with Crippen molar-refractivity contribution < 1.29 is 0 Å². The van der Waals surface area contributed by atoms with Crippen LogP contribution in [0.15, 0.2) is 4.99 Å². The van der Waals surface area contributed by atoms with Gasteiger partial charge in [-0.05, 0) is 19.3 Å². The lowest BCUT2D eigenvalue weighted by Crippen LogP contribution is -2.40. The minimum atomic E-state index is 0.647. The van der Waals surface area contributed by atoms with Crippen molar-refractivity contribution in [3.63, 3.8) is 0 Å². The predicted octanol–water partition coefficient (Wildman–Crippen LogP) is 0.999. The van der Waals surface area contributed by atoms with Gasteiger partial charge in [0.15, 0.2) is 5.96 Å². The number of thioether (sulfide) groups is 1. The largest absolute Gasteiger partial charge is 0.357 e. The quantitative estimate of drug-likeness (QED) is 0.577. The Morgan fingerprint density at radius 1 is 1.39 bits per heavy atom. The SMILES string of the molecule is CCNC(=NCCN1CCSCC1)NC1CC1C. The molecule has 2 rings (SSSR count). The Bertz CT molecular complexity index is 276. The van der Waals surface area contributed by atoms with Gasteiger partial charge in [0.1, 0.15) is 0 Å². The first kappa shape index (κ1) is 14.0. The summed E-state index contributed by atoms with van der Waals surface area (Å²) in [6.07, 6.45) is 1.29. The monoisotopic (exact) mass is 270 g/mol. The third-order valence-corrected chi connectivity index (χ3v) is 4.51. The highest BCUT2D eigenvalue weighted by Crippen LogP contribution is 2.28. The van der Waals surface area contributed by atoms with Crippen molar-refractivity contribution in [2.75, 3.05) is 44.2 Å². The van der Waals surface area contributed by atoms with Gasteiger partial charge in [-0.3, -0.25) is 9.89 Å². The van der Waals surface area contributed by atoms with E-state index >= 15 is 0 Å². The Morgan fingerprint density at radius 2 is 2.11 bits per heavy atom. The van der Waals surface area contributed by atoms with Crippen molar-refractivity contribution in [2.45, 2.75) is 26.3 Å². The second-order valence-corrected chi connectivity index (χ2v) is 6.40. The van der Waals surface area contributed by atoms with Crippen LogP contribution in [0.1, 0.15) is 20.3 Å². The molecule has 2 aliphatic rings. The zero-order valence-corrected chi connectivity index (χ0v) is 12.4. The van der Waals surface area contributed by atoms with Gasteiger partial charge in [0.25, 0.3) is 0 Å². The van der Waals surface area contributed by atoms with Crippen LogP contribution >= 0.6 is 11.8 Å². The number of hydrogen-bond donors (Lipinski definition) is 2. The molecule has 2 N–H and O–H groups in total. The summed E-state index contributed by atoms with van der Waals surface area (Å²) in [6.45, 7) is 9.79. The van der Waals surface area contributed by atoms with E-state index in [1.165, 1.54) is 31.0 Å². The first-order chi connectivity index (χ1) is 8.79. The van der Waals surface area contributed by atoms with Crippen LogP contribution in [0, 0.1) is 5.92 Å². The van der Waals surface area contributed by atoms with E-state index in [-0.39, 0.29) is 0 Å². The molecule has 2 unspecified atom stereocenters. The Balaban J connectivity index is 1.69. The molecule has 0 aromatic rings. The molecule has 1 heterocycles. The molecule has 5 heteroatoms. The molecule has 1 saturated carbocycles. The van der Waals surface area contributed by atoms with E-state index < -0.39 is 0 Å². The van der Waals surface area contributed by atoms with Crippen molar-refractivity contribution in [3.8, 4) is 0 Å². The van der Waals surface area contributed by atoms with Crippen molar-refractivity contribution in [2.24, 2.45) is 10.9 Å². The highest BCUT2D eigenvalue weighted by Gasteiger charge is 2.33. The summed E-state index contributed by atoms with van der Waals surface area (Å²) in [5, 5.41) is 6.82. The number of hydrogen-bond acceptors (Lipinski definition) is 3. The molecule has 0 aromatic carbocycles. The van der Waals surface area contributed by atoms with Gasteiger partial charge in [-0.15, -0.1) is 0 Å². The molecule has 0 aromatic heterocycles. The van der Waals surface area contributed by atoms with Gasteiger partial charge in [0.05, 0.1) is 6.54 Å². The van der Waals surface area contributed by atoms with Crippen LogP contribution in [-0.2, 0) is 0 Å². The summed E-state index contributed by atoms with van der Waals surface area (Å²) in [7, 11) is 0. The normalized spacial score (nSPS) is 29.1. The van der Waals surface area contributed by atoms with Crippen molar-refractivity contribution >= 4 is 17.7 Å². The molecule has 0 bridgehead atoms. The molecule has 18 heavy (non-hydrogen) atoms. The van der Waals surface area contributed by atoms with E-state index in [4.69, 9.17) is 0 Å². The van der Waals surface area contributed by atoms with Gasteiger partial charge >= 0.3 is 0 Å². The summed E-state index contributed by atoms with van der Waals surface area (Å²) in [5.74, 6) is 4.37. The fourth-order valence-corrected chi connectivity index (χ4v) is 3.13. The van der Waals surface area contributed by atoms with Gasteiger partial charge in [0, 0.05) is 43.7 Å². The number of nitrogens with zero attached hydrogens (tertiary/aromatic N) is 2. The lowest BCUT2D eigenvalue weighted by Gasteiger charge is -2.25. The summed E-state index contributed by atoms with van der Waals surface area (Å²) in [5.41, 5.74) is 0. The highest BCUT2D eigenvalue weighted by atomic mass is 32.2. The Labute approximate surface area is 115 Å². The van der Waals surface area contributed by atoms with Gasteiger partial charge in [-0.25, -0.2) is 0 Å². The fourth-order valence-electron chi connectivity index (χ4n) is 2.15. The van der Waals surface area contributed by atoms with Crippen LogP contribution in [0.3, 0.4) is 0 Å². The smallest absolute Gasteiger partial charge is 0.191 e. The predicted molar refractivity (Wildman–Crippen MR) is 80.4 cm³/mol. The zero-order chi connectivity index (χ0) is 12.8. The molecule has 0 radical (unpaired) electrons. The average molecular weight is 270 g/mol. The van der Waals surface area contributed by atoms with Crippen molar-refractivity contribution in [1.82, 2.24) is 15.5 Å². The van der Waals surface area contributed by atoms with Crippen LogP contribution in [-0.4, -0.2) is 61.1 Å². The highest BCUT2D eigenvalue weighted by molar-refractivity contribution is 7.99. The second-order valence-electron chi connectivity index (χ2n) is 5.18. The van der Waals surface area contributed by atoms with Gasteiger partial charge in [-0.1, -0.05) is 6.92 Å². The lowest BCUT2D eigenvalue weighted by atomic mass is 10.4. The van der Waals surface area contributed by atoms with Crippen LogP contribution in [0.4, 0.5) is 0 Å². The minimum Gasteiger partial charge on any atom is -0.357 e. The van der Waals surface area contributed by atoms with Gasteiger partial charge < -0.3 is 10.6 Å². The van der Waals surface area contributed by atoms with Crippen LogP contribution in [0.25, 0.3) is 0 Å². The van der Waals surface area contributed by atoms with E-state index in [9.17, 15) is 0 Å². The summed E-state index contributed by atoms with van der Waals surface area (Å²) >= 11 is 2.06. The zero-order valence-electron chi connectivity index (χ0n) is 11.6. The number of nitrogens with one attached hydrogen (secondary N) is 2. The molecule has 0 amide bonds. The van der Waals surface area contributed by atoms with Gasteiger partial charge in [-0.2, -0.15) is 11.8 Å². The molecular weight excluding hydrogens is 244 g/mol. The van der Waals surface area contributed by atoms with Crippen molar-refractivity contribution in [1.29, 1.82) is 0 Å². The first-order valence-electron chi connectivity index (χ1n) is 7.14. The molecule has 4 nitrogen and oxygen atoms in total. The summed E-state index contributed by atoms with van der Waals surface area (Å²) < 4.78 is 0. The molecule has 104 valence electrons. The molecule has 1 aliphatic heterocycles. The summed E-state index contributed by atoms with van der Waals surface area (Å²) in [4.78, 5) is 7.19. The topological polar surface area (TPSA) is 39.7 Å². The van der Waals surface area contributed by atoms with Crippen LogP contribution in [0.5, 0.6) is 0 Å². The molecule has 2 atom stereocenters. The standard InChI is InChI=1S/C13H26N4S/c1-3-14-13(16-12-10-11(12)2)15-4-5-17-6-8-18-9-7-17/h11-12H,3-10H2,1-2H3,(H2,14,15,16). The second kappa shape index (κ2) is 7.24. The number of rotatable bonds is 5. The third kappa shape index (κ3) is 4.69. The van der Waals surface area contributed by atoms with E-state index in [1.807, 2.05) is 0 Å². The lowest BCUT2D eigenvalue weighted by molar-refractivity contribution is 0.311. The Hall–Kier alpha value is -0.420. The Kier molecular flexibility index (Phi) is 5.63. The van der Waals surface area contributed by atoms with E-state index in [2.05, 4.69) is 46.1 Å². The molecular formula is C13H26N4S. The fraction of sp³-hybridized carbons (Fsp3) is 0.923. The van der Waals surface area contributed by atoms with Crippen LogP contribution in [0.2, 0.25) is 0 Å². The Morgan fingerprint density at radius 3 is 2.72 bits per heavy atom. The average Bonchev–Trinajstić information content (AvgIpc) is 3.06. The van der Waals surface area contributed by atoms with E-state index in [0.29, 0.717) is 6.04 Å². The van der Waals surface area contributed by atoms with Crippen LogP contribution < -0.4 is 10.6 Å². The third-order valence-electron chi connectivity index (χ3n) is 3.57. The minimum absolute atomic E-state index is 0.647. The maximum atomic E-state index is 4.67. The maximum absolute atomic E-state index is 4.67. The number of aliphatic imine (C=N–C) groups is 1. The van der Waals surface area contributed by atoms with Gasteiger partial charge in [0.2, 0.25) is 0 Å². The van der Waals surface area contributed by atoms with E-state index in [0.717, 1.165) is 31.5 Å². The first-order valence-corrected chi connectivity index (χ1v) is 8.30. The van der Waals surface area contributed by atoms with Crippen molar-refractivity contribution in [3.05, 3.63) is 0 Å². The molecule has 0 spiro atoms. The number of guanidine groups is 1. The van der Waals surface area contributed by atoms with E-state index in [1.54, 1.807) is 0 Å². The maximum Gasteiger partial charge on any atom is 0.191 e. The molecule has 1 aliphatic carbocycles. The molecule has 1 saturated heterocycles. The molecule has 2 fully saturated rings. The summed E-state index contributed by atoms with van der Waals surface area (Å²) in [6, 6.07) is 0.647.